The Labute approximate surface area is 160 Å². The van der Waals surface area contributed by atoms with E-state index in [2.05, 4.69) is 17.3 Å². The average Bonchev–Trinajstić information content (AvgIpc) is 2.65. The van der Waals surface area contributed by atoms with Crippen LogP contribution in [0.25, 0.3) is 10.8 Å². The number of fused-ring (bicyclic) bond motifs is 1. The summed E-state index contributed by atoms with van der Waals surface area (Å²) >= 11 is 0. The summed E-state index contributed by atoms with van der Waals surface area (Å²) in [5.74, 6) is 0.209. The van der Waals surface area contributed by atoms with E-state index in [4.69, 9.17) is 4.74 Å². The third-order valence-corrected chi connectivity index (χ3v) is 4.68. The quantitative estimate of drug-likeness (QED) is 0.877. The van der Waals surface area contributed by atoms with Crippen molar-refractivity contribution in [3.05, 3.63) is 42.0 Å². The van der Waals surface area contributed by atoms with Crippen molar-refractivity contribution < 1.29 is 14.3 Å². The maximum atomic E-state index is 13.1. The first-order valence-electron chi connectivity index (χ1n) is 9.37. The van der Waals surface area contributed by atoms with Gasteiger partial charge in [0.1, 0.15) is 5.75 Å². The van der Waals surface area contributed by atoms with Gasteiger partial charge in [0, 0.05) is 32.2 Å². The van der Waals surface area contributed by atoms with Gasteiger partial charge in [-0.15, -0.1) is 0 Å². The van der Waals surface area contributed by atoms with Crippen molar-refractivity contribution in [3.63, 3.8) is 0 Å². The SMILES string of the molecule is CC(C)NC(=O)COc1cc2ccccc2cc1C(=O)N1CCN(C)CC1. The van der Waals surface area contributed by atoms with E-state index in [1.807, 2.05) is 55.1 Å². The summed E-state index contributed by atoms with van der Waals surface area (Å²) in [5.41, 5.74) is 0.510. The van der Waals surface area contributed by atoms with Gasteiger partial charge in [0.15, 0.2) is 6.61 Å². The van der Waals surface area contributed by atoms with Gasteiger partial charge >= 0.3 is 0 Å². The third-order valence-electron chi connectivity index (χ3n) is 4.68. The molecule has 144 valence electrons. The van der Waals surface area contributed by atoms with Gasteiger partial charge in [-0.2, -0.15) is 0 Å². The number of hydrogen-bond donors (Lipinski definition) is 1. The fraction of sp³-hybridized carbons (Fsp3) is 0.429. The molecule has 1 aliphatic heterocycles. The number of amides is 2. The molecular weight excluding hydrogens is 342 g/mol. The van der Waals surface area contributed by atoms with E-state index >= 15 is 0 Å². The number of hydrogen-bond acceptors (Lipinski definition) is 4. The molecule has 0 saturated carbocycles. The van der Waals surface area contributed by atoms with Crippen molar-refractivity contribution in [2.45, 2.75) is 19.9 Å². The van der Waals surface area contributed by atoms with Crippen LogP contribution in [0.3, 0.4) is 0 Å². The molecule has 1 saturated heterocycles. The van der Waals surface area contributed by atoms with Crippen LogP contribution < -0.4 is 10.1 Å². The van der Waals surface area contributed by atoms with E-state index in [1.165, 1.54) is 0 Å². The minimum absolute atomic E-state index is 0.0455. The number of nitrogens with one attached hydrogen (secondary N) is 1. The van der Waals surface area contributed by atoms with Crippen molar-refractivity contribution in [2.75, 3.05) is 39.8 Å². The van der Waals surface area contributed by atoms with Crippen LogP contribution in [-0.2, 0) is 4.79 Å². The van der Waals surface area contributed by atoms with E-state index in [0.29, 0.717) is 24.4 Å². The highest BCUT2D eigenvalue weighted by atomic mass is 16.5. The van der Waals surface area contributed by atoms with E-state index in [1.54, 1.807) is 0 Å². The van der Waals surface area contributed by atoms with Crippen LogP contribution in [0, 0.1) is 0 Å². The Morgan fingerprint density at radius 1 is 1.07 bits per heavy atom. The zero-order chi connectivity index (χ0) is 19.4. The maximum Gasteiger partial charge on any atom is 0.258 e. The predicted molar refractivity (Wildman–Crippen MR) is 106 cm³/mol. The van der Waals surface area contributed by atoms with Gasteiger partial charge in [0.05, 0.1) is 5.56 Å². The Morgan fingerprint density at radius 2 is 1.70 bits per heavy atom. The van der Waals surface area contributed by atoms with Crippen LogP contribution in [0.4, 0.5) is 0 Å². The first-order chi connectivity index (χ1) is 12.9. The molecule has 3 rings (SSSR count). The number of rotatable bonds is 5. The summed E-state index contributed by atoms with van der Waals surface area (Å²) in [5, 5.41) is 4.76. The molecule has 27 heavy (non-hydrogen) atoms. The van der Waals surface area contributed by atoms with Crippen molar-refractivity contribution in [3.8, 4) is 5.75 Å². The monoisotopic (exact) mass is 369 g/mol. The van der Waals surface area contributed by atoms with E-state index < -0.39 is 0 Å². The molecule has 1 N–H and O–H groups in total. The number of likely N-dealkylation sites (N-methyl/N-ethyl adjacent to an activating group) is 1. The lowest BCUT2D eigenvalue weighted by Crippen LogP contribution is -2.47. The van der Waals surface area contributed by atoms with Crippen LogP contribution in [0.15, 0.2) is 36.4 Å². The fourth-order valence-corrected chi connectivity index (χ4v) is 3.19. The lowest BCUT2D eigenvalue weighted by Gasteiger charge is -2.32. The molecule has 0 aliphatic carbocycles. The molecule has 1 fully saturated rings. The molecule has 1 heterocycles. The van der Waals surface area contributed by atoms with E-state index in [9.17, 15) is 9.59 Å². The highest BCUT2D eigenvalue weighted by Gasteiger charge is 2.24. The van der Waals surface area contributed by atoms with Crippen LogP contribution in [0.5, 0.6) is 5.75 Å². The molecule has 1 aliphatic rings. The summed E-state index contributed by atoms with van der Waals surface area (Å²) in [7, 11) is 2.06. The molecule has 0 aromatic heterocycles. The van der Waals surface area contributed by atoms with Crippen LogP contribution in [0.2, 0.25) is 0 Å². The molecule has 0 spiro atoms. The average molecular weight is 369 g/mol. The minimum Gasteiger partial charge on any atom is -0.483 e. The molecule has 2 amide bonds. The summed E-state index contributed by atoms with van der Waals surface area (Å²) in [6.45, 7) is 6.77. The second-order valence-electron chi connectivity index (χ2n) is 7.30. The zero-order valence-corrected chi connectivity index (χ0v) is 16.2. The number of benzene rings is 2. The Morgan fingerprint density at radius 3 is 2.33 bits per heavy atom. The van der Waals surface area contributed by atoms with E-state index in [-0.39, 0.29) is 24.5 Å². The lowest BCUT2D eigenvalue weighted by atomic mass is 10.0. The van der Waals surface area contributed by atoms with Gasteiger partial charge in [0.25, 0.3) is 11.8 Å². The number of carbonyl (C=O) groups is 2. The fourth-order valence-electron chi connectivity index (χ4n) is 3.19. The Balaban J connectivity index is 1.87. The van der Waals surface area contributed by atoms with E-state index in [0.717, 1.165) is 23.9 Å². The van der Waals surface area contributed by atoms with Gasteiger partial charge in [-0.05, 0) is 43.8 Å². The van der Waals surface area contributed by atoms with Gasteiger partial charge in [-0.3, -0.25) is 9.59 Å². The molecule has 6 heteroatoms. The van der Waals surface area contributed by atoms with Crippen molar-refractivity contribution in [2.24, 2.45) is 0 Å². The summed E-state index contributed by atoms with van der Waals surface area (Å²) < 4.78 is 5.77. The molecule has 2 aromatic rings. The highest BCUT2D eigenvalue weighted by molar-refractivity contribution is 6.01. The van der Waals surface area contributed by atoms with Crippen molar-refractivity contribution in [1.29, 1.82) is 0 Å². The van der Waals surface area contributed by atoms with Crippen molar-refractivity contribution >= 4 is 22.6 Å². The molecule has 6 nitrogen and oxygen atoms in total. The number of ether oxygens (including phenoxy) is 1. The number of piperazine rings is 1. The largest absolute Gasteiger partial charge is 0.483 e. The van der Waals surface area contributed by atoms with Crippen LogP contribution >= 0.6 is 0 Å². The second-order valence-corrected chi connectivity index (χ2v) is 7.30. The zero-order valence-electron chi connectivity index (χ0n) is 16.2. The maximum absolute atomic E-state index is 13.1. The minimum atomic E-state index is -0.198. The van der Waals surface area contributed by atoms with Crippen molar-refractivity contribution in [1.82, 2.24) is 15.1 Å². The smallest absolute Gasteiger partial charge is 0.258 e. The molecule has 0 radical (unpaired) electrons. The Kier molecular flexibility index (Phi) is 5.96. The topological polar surface area (TPSA) is 61.9 Å². The molecule has 2 aromatic carbocycles. The van der Waals surface area contributed by atoms with Gasteiger partial charge in [-0.25, -0.2) is 0 Å². The predicted octanol–water partition coefficient (Wildman–Crippen LogP) is 2.13. The Bertz CT molecular complexity index is 827. The summed E-state index contributed by atoms with van der Waals surface area (Å²) in [4.78, 5) is 29.2. The highest BCUT2D eigenvalue weighted by Crippen LogP contribution is 2.27. The Hall–Kier alpha value is -2.60. The molecular formula is C21H27N3O3. The second kappa shape index (κ2) is 8.39. The normalized spacial score (nSPS) is 15.2. The van der Waals surface area contributed by atoms with Gasteiger partial charge in [0.2, 0.25) is 0 Å². The molecule has 0 unspecified atom stereocenters. The molecule has 0 bridgehead atoms. The summed E-state index contributed by atoms with van der Waals surface area (Å²) in [6.07, 6.45) is 0. The van der Waals surface area contributed by atoms with Gasteiger partial charge < -0.3 is 19.9 Å². The molecule has 0 atom stereocenters. The summed E-state index contributed by atoms with van der Waals surface area (Å²) in [6, 6.07) is 11.6. The third kappa shape index (κ3) is 4.77. The van der Waals surface area contributed by atoms with Gasteiger partial charge in [-0.1, -0.05) is 24.3 Å². The lowest BCUT2D eigenvalue weighted by molar-refractivity contribution is -0.123. The standard InChI is InChI=1S/C21H27N3O3/c1-15(2)22-20(25)14-27-19-13-17-7-5-4-6-16(17)12-18(19)21(26)24-10-8-23(3)9-11-24/h4-7,12-13,15H,8-11,14H2,1-3H3,(H,22,25). The van der Waals surface area contributed by atoms with Crippen LogP contribution in [-0.4, -0.2) is 67.5 Å². The number of carbonyl (C=O) groups excluding carboxylic acids is 2. The van der Waals surface area contributed by atoms with Crippen LogP contribution in [0.1, 0.15) is 24.2 Å². The number of nitrogens with zero attached hydrogens (tertiary/aromatic N) is 2. The first kappa shape index (κ1) is 19.2. The first-order valence-corrected chi connectivity index (χ1v) is 9.37.